The van der Waals surface area contributed by atoms with Gasteiger partial charge >= 0.3 is 0 Å². The van der Waals surface area contributed by atoms with Crippen LogP contribution in [0.5, 0.6) is 5.75 Å². The molecule has 194 valence electrons. The van der Waals surface area contributed by atoms with Gasteiger partial charge in [0.25, 0.3) is 0 Å². The summed E-state index contributed by atoms with van der Waals surface area (Å²) in [6.45, 7) is 9.59. The average Bonchev–Trinajstić information content (AvgIpc) is 2.88. The molecule has 0 unspecified atom stereocenters. The molecule has 1 amide bonds. The van der Waals surface area contributed by atoms with E-state index in [1.54, 1.807) is 11.0 Å². The Morgan fingerprint density at radius 2 is 2.05 bits per heavy atom. The topological polar surface area (TPSA) is 79.8 Å². The van der Waals surface area contributed by atoms with Crippen LogP contribution in [0.15, 0.2) is 49.3 Å². The van der Waals surface area contributed by atoms with Crippen LogP contribution in [0.25, 0.3) is 10.9 Å². The molecule has 2 aliphatic heterocycles. The third-order valence-corrected chi connectivity index (χ3v) is 7.01. The van der Waals surface area contributed by atoms with Gasteiger partial charge in [0, 0.05) is 49.9 Å². The smallest absolute Gasteiger partial charge is 0.245 e. The van der Waals surface area contributed by atoms with Crippen LogP contribution in [0, 0.1) is 11.7 Å². The first-order chi connectivity index (χ1) is 18.0. The fraction of sp³-hybridized carbons (Fsp3) is 0.370. The van der Waals surface area contributed by atoms with Gasteiger partial charge in [-0.25, -0.2) is 14.4 Å². The first-order valence-corrected chi connectivity index (χ1v) is 12.7. The highest BCUT2D eigenvalue weighted by atomic mass is 35.5. The normalized spacial score (nSPS) is 16.4. The van der Waals surface area contributed by atoms with Gasteiger partial charge in [-0.15, -0.1) is 0 Å². The largest absolute Gasteiger partial charge is 0.492 e. The van der Waals surface area contributed by atoms with Crippen molar-refractivity contribution in [1.82, 2.24) is 19.8 Å². The van der Waals surface area contributed by atoms with E-state index < -0.39 is 5.82 Å². The molecule has 2 saturated heterocycles. The zero-order chi connectivity index (χ0) is 25.8. The molecule has 1 aromatic heterocycles. The molecule has 0 spiro atoms. The zero-order valence-electron chi connectivity index (χ0n) is 20.5. The number of carbonyl (C=O) groups is 1. The number of rotatable bonds is 9. The van der Waals surface area contributed by atoms with Gasteiger partial charge < -0.3 is 19.7 Å². The summed E-state index contributed by atoms with van der Waals surface area (Å²) in [6, 6.07) is 8.44. The number of halogens is 2. The number of aromatic nitrogens is 2. The van der Waals surface area contributed by atoms with Gasteiger partial charge in [-0.2, -0.15) is 0 Å². The van der Waals surface area contributed by atoms with Crippen molar-refractivity contribution in [2.75, 3.05) is 57.9 Å². The summed E-state index contributed by atoms with van der Waals surface area (Å²) < 4.78 is 25.3. The van der Waals surface area contributed by atoms with Crippen LogP contribution in [0.3, 0.4) is 0 Å². The Kier molecular flexibility index (Phi) is 7.83. The van der Waals surface area contributed by atoms with Crippen LogP contribution in [0.4, 0.5) is 15.9 Å². The minimum Gasteiger partial charge on any atom is -0.492 e. The molecule has 3 heterocycles. The molecular formula is C27H29ClFN5O3. The molecule has 37 heavy (non-hydrogen) atoms. The fourth-order valence-corrected chi connectivity index (χ4v) is 4.84. The van der Waals surface area contributed by atoms with Crippen LogP contribution < -0.4 is 10.1 Å². The number of hydrogen-bond donors (Lipinski definition) is 1. The van der Waals surface area contributed by atoms with Crippen LogP contribution >= 0.6 is 11.6 Å². The van der Waals surface area contributed by atoms with Crippen molar-refractivity contribution < 1.29 is 18.7 Å². The molecule has 0 aliphatic carbocycles. The van der Waals surface area contributed by atoms with E-state index in [2.05, 4.69) is 26.8 Å². The minimum atomic E-state index is -0.481. The number of nitrogens with zero attached hydrogens (tertiary/aromatic N) is 4. The number of amides is 1. The van der Waals surface area contributed by atoms with E-state index in [-0.39, 0.29) is 10.9 Å². The Hall–Kier alpha value is -3.27. The van der Waals surface area contributed by atoms with Gasteiger partial charge in [0.1, 0.15) is 30.3 Å². The quantitative estimate of drug-likeness (QED) is 0.422. The lowest BCUT2D eigenvalue weighted by atomic mass is 9.91. The molecule has 2 fully saturated rings. The molecule has 0 atom stereocenters. The summed E-state index contributed by atoms with van der Waals surface area (Å²) in [5, 5.41) is 4.08. The van der Waals surface area contributed by atoms with Crippen molar-refractivity contribution in [3.8, 4) is 5.75 Å². The van der Waals surface area contributed by atoms with E-state index in [1.807, 2.05) is 12.1 Å². The SMILES string of the molecule is C=CC(=O)N1CC(Cc2cc3c(Nc4ccc(F)c(Cl)c4)ncnc3cc2OCCN2CCOCC2)C1. The van der Waals surface area contributed by atoms with Crippen molar-refractivity contribution in [2.45, 2.75) is 6.42 Å². The van der Waals surface area contributed by atoms with E-state index >= 15 is 0 Å². The summed E-state index contributed by atoms with van der Waals surface area (Å²) in [4.78, 5) is 24.9. The number of likely N-dealkylation sites (tertiary alicyclic amines) is 1. The van der Waals surface area contributed by atoms with Gasteiger partial charge in [-0.05, 0) is 48.2 Å². The number of nitrogens with one attached hydrogen (secondary N) is 1. The predicted octanol–water partition coefficient (Wildman–Crippen LogP) is 4.06. The highest BCUT2D eigenvalue weighted by Gasteiger charge is 2.30. The van der Waals surface area contributed by atoms with Crippen LogP contribution in [0.1, 0.15) is 5.56 Å². The van der Waals surface area contributed by atoms with E-state index in [1.165, 1.54) is 24.5 Å². The van der Waals surface area contributed by atoms with Crippen LogP contribution in [0.2, 0.25) is 5.02 Å². The molecule has 1 N–H and O–H groups in total. The van der Waals surface area contributed by atoms with Gasteiger partial charge in [-0.1, -0.05) is 18.2 Å². The number of hydrogen-bond acceptors (Lipinski definition) is 7. The van der Waals surface area contributed by atoms with E-state index in [4.69, 9.17) is 21.1 Å². The van der Waals surface area contributed by atoms with Crippen molar-refractivity contribution >= 4 is 39.9 Å². The number of fused-ring (bicyclic) bond motifs is 1. The first kappa shape index (κ1) is 25.4. The fourth-order valence-electron chi connectivity index (χ4n) is 4.66. The summed E-state index contributed by atoms with van der Waals surface area (Å²) in [5.74, 6) is 1.16. The molecule has 8 nitrogen and oxygen atoms in total. The molecule has 5 rings (SSSR count). The summed E-state index contributed by atoms with van der Waals surface area (Å²) in [6.07, 6.45) is 3.58. The van der Waals surface area contributed by atoms with Gasteiger partial charge in [-0.3, -0.25) is 9.69 Å². The average molecular weight is 526 g/mol. The first-order valence-electron chi connectivity index (χ1n) is 12.3. The van der Waals surface area contributed by atoms with Gasteiger partial charge in [0.15, 0.2) is 0 Å². The standard InChI is InChI=1S/C27H29ClFN5O3/c1-2-26(35)34-15-18(16-34)11-19-12-21-24(14-25(19)37-10-7-33-5-8-36-9-6-33)30-17-31-27(21)32-20-3-4-23(29)22(28)13-20/h2-4,12-14,17-18H,1,5-11,15-16H2,(H,30,31,32). The summed E-state index contributed by atoms with van der Waals surface area (Å²) >= 11 is 5.96. The Balaban J connectivity index is 1.39. The number of anilines is 2. The van der Waals surface area contributed by atoms with Gasteiger partial charge in [0.05, 0.1) is 23.8 Å². The van der Waals surface area contributed by atoms with Crippen molar-refractivity contribution in [2.24, 2.45) is 5.92 Å². The highest BCUT2D eigenvalue weighted by Crippen LogP contribution is 2.33. The minimum absolute atomic E-state index is 0.0311. The number of benzene rings is 2. The lowest BCUT2D eigenvalue weighted by Crippen LogP contribution is -2.50. The second-order valence-electron chi connectivity index (χ2n) is 9.27. The Morgan fingerprint density at radius 1 is 1.24 bits per heavy atom. The monoisotopic (exact) mass is 525 g/mol. The Morgan fingerprint density at radius 3 is 2.81 bits per heavy atom. The second-order valence-corrected chi connectivity index (χ2v) is 9.68. The molecule has 0 saturated carbocycles. The molecule has 2 aliphatic rings. The third kappa shape index (κ3) is 6.01. The number of ether oxygens (including phenoxy) is 2. The van der Waals surface area contributed by atoms with Gasteiger partial charge in [0.2, 0.25) is 5.91 Å². The van der Waals surface area contributed by atoms with Crippen molar-refractivity contribution in [3.05, 3.63) is 65.7 Å². The lowest BCUT2D eigenvalue weighted by Gasteiger charge is -2.39. The molecule has 10 heteroatoms. The molecule has 0 radical (unpaired) electrons. The van der Waals surface area contributed by atoms with Crippen LogP contribution in [-0.4, -0.2) is 78.2 Å². The Bertz CT molecular complexity index is 1290. The molecule has 2 aromatic carbocycles. The third-order valence-electron chi connectivity index (χ3n) is 6.72. The van der Waals surface area contributed by atoms with Crippen molar-refractivity contribution in [3.63, 3.8) is 0 Å². The molecule has 3 aromatic rings. The van der Waals surface area contributed by atoms with Crippen LogP contribution in [-0.2, 0) is 16.0 Å². The van der Waals surface area contributed by atoms with Crippen molar-refractivity contribution in [1.29, 1.82) is 0 Å². The number of carbonyl (C=O) groups excluding carboxylic acids is 1. The number of morpholine rings is 1. The van der Waals surface area contributed by atoms with E-state index in [0.29, 0.717) is 37.1 Å². The van der Waals surface area contributed by atoms with E-state index in [0.717, 1.165) is 61.5 Å². The summed E-state index contributed by atoms with van der Waals surface area (Å²) in [5.41, 5.74) is 2.38. The Labute approximate surface area is 220 Å². The lowest BCUT2D eigenvalue weighted by molar-refractivity contribution is -0.132. The maximum atomic E-state index is 13.6. The maximum Gasteiger partial charge on any atom is 0.245 e. The zero-order valence-corrected chi connectivity index (χ0v) is 21.2. The van der Waals surface area contributed by atoms with E-state index in [9.17, 15) is 9.18 Å². The molecular weight excluding hydrogens is 497 g/mol. The summed E-state index contributed by atoms with van der Waals surface area (Å²) in [7, 11) is 0. The maximum absolute atomic E-state index is 13.6. The molecule has 0 bridgehead atoms. The highest BCUT2D eigenvalue weighted by molar-refractivity contribution is 6.31. The predicted molar refractivity (Wildman–Crippen MR) is 141 cm³/mol. The second kappa shape index (κ2) is 11.4.